The summed E-state index contributed by atoms with van der Waals surface area (Å²) in [5, 5.41) is 4.76. The van der Waals surface area contributed by atoms with Crippen molar-refractivity contribution in [3.63, 3.8) is 0 Å². The Hall–Kier alpha value is -1.57. The molecule has 0 saturated carbocycles. The summed E-state index contributed by atoms with van der Waals surface area (Å²) in [4.78, 5) is 20.6. The molecule has 6 nitrogen and oxygen atoms in total. The molecule has 22 heavy (non-hydrogen) atoms. The number of carbonyl (C=O) groups excluding carboxylic acids is 1. The van der Waals surface area contributed by atoms with Crippen LogP contribution in [0.15, 0.2) is 24.3 Å². The van der Waals surface area contributed by atoms with Gasteiger partial charge in [-0.25, -0.2) is 4.79 Å². The third-order valence-corrected chi connectivity index (χ3v) is 4.11. The number of hydrogen-bond donors (Lipinski definition) is 3. The van der Waals surface area contributed by atoms with Crippen molar-refractivity contribution in [1.82, 2.24) is 5.32 Å². The Balaban J connectivity index is 2.38. The van der Waals surface area contributed by atoms with Crippen LogP contribution in [-0.4, -0.2) is 30.7 Å². The molecule has 0 fully saturated rings. The summed E-state index contributed by atoms with van der Waals surface area (Å²) in [6.45, 7) is 0.125. The van der Waals surface area contributed by atoms with Crippen LogP contribution in [0, 0.1) is 0 Å². The zero-order chi connectivity index (χ0) is 16.8. The molecule has 0 aliphatic carbocycles. The van der Waals surface area contributed by atoms with Crippen molar-refractivity contribution in [3.8, 4) is 0 Å². The highest BCUT2D eigenvalue weighted by atomic mass is 31.2. The number of anilines is 1. The summed E-state index contributed by atoms with van der Waals surface area (Å²) < 4.78 is 52.6. The molecular weight excluding hydrogens is 324 g/mol. The van der Waals surface area contributed by atoms with Crippen molar-refractivity contribution in [3.05, 3.63) is 29.8 Å². The summed E-state index contributed by atoms with van der Waals surface area (Å²) in [7, 11) is -2.48. The van der Waals surface area contributed by atoms with Crippen LogP contribution in [0.2, 0.25) is 0 Å². The molecule has 3 N–H and O–H groups in total. The molecule has 1 aromatic rings. The Morgan fingerprint density at radius 2 is 1.91 bits per heavy atom. The van der Waals surface area contributed by atoms with Gasteiger partial charge in [0.1, 0.15) is 0 Å². The Morgan fingerprint density at radius 3 is 2.41 bits per heavy atom. The van der Waals surface area contributed by atoms with Gasteiger partial charge in [-0.2, -0.15) is 13.2 Å². The Kier molecular flexibility index (Phi) is 6.40. The fraction of sp³-hybridized carbons (Fsp3) is 0.417. The second kappa shape index (κ2) is 7.62. The molecule has 1 rings (SSSR count). The standard InChI is InChI=1S/C12H16F3N2O4P/c1-21-22(19,20)8-2-7-16-11(18)17-10-5-3-9(4-6-10)12(13,14)15/h3-6H,2,7-8H2,1H3,(H,19,20)(H2,16,17,18). The number of amides is 2. The molecule has 1 unspecified atom stereocenters. The van der Waals surface area contributed by atoms with Gasteiger partial charge in [-0.1, -0.05) is 0 Å². The van der Waals surface area contributed by atoms with E-state index in [1.165, 1.54) is 0 Å². The number of nitrogens with one attached hydrogen (secondary N) is 2. The van der Waals surface area contributed by atoms with Crippen LogP contribution in [-0.2, 0) is 15.3 Å². The van der Waals surface area contributed by atoms with Crippen LogP contribution in [0.1, 0.15) is 12.0 Å². The molecule has 0 bridgehead atoms. The average Bonchev–Trinajstić information content (AvgIpc) is 2.43. The van der Waals surface area contributed by atoms with E-state index < -0.39 is 25.4 Å². The first-order chi connectivity index (χ1) is 10.1. The topological polar surface area (TPSA) is 87.7 Å². The van der Waals surface area contributed by atoms with Crippen LogP contribution in [0.4, 0.5) is 23.7 Å². The van der Waals surface area contributed by atoms with Crippen molar-refractivity contribution in [2.75, 3.05) is 25.1 Å². The first-order valence-corrected chi connectivity index (χ1v) is 8.00. The number of benzene rings is 1. The monoisotopic (exact) mass is 340 g/mol. The number of urea groups is 1. The highest BCUT2D eigenvalue weighted by Crippen LogP contribution is 2.40. The van der Waals surface area contributed by atoms with E-state index in [1.54, 1.807) is 0 Å². The molecule has 0 aliphatic heterocycles. The molecule has 10 heteroatoms. The van der Waals surface area contributed by atoms with Gasteiger partial charge < -0.3 is 20.1 Å². The summed E-state index contributed by atoms with van der Waals surface area (Å²) >= 11 is 0. The summed E-state index contributed by atoms with van der Waals surface area (Å²) in [6, 6.07) is 3.36. The lowest BCUT2D eigenvalue weighted by atomic mass is 10.2. The molecule has 124 valence electrons. The zero-order valence-electron chi connectivity index (χ0n) is 11.7. The smallest absolute Gasteiger partial charge is 0.338 e. The predicted octanol–water partition coefficient (Wildman–Crippen LogP) is 3.05. The van der Waals surface area contributed by atoms with Crippen LogP contribution in [0.25, 0.3) is 0 Å². The van der Waals surface area contributed by atoms with Gasteiger partial charge in [0.05, 0.1) is 11.7 Å². The maximum Gasteiger partial charge on any atom is 0.416 e. The normalized spacial score (nSPS) is 14.2. The van der Waals surface area contributed by atoms with E-state index in [0.29, 0.717) is 0 Å². The van der Waals surface area contributed by atoms with Crippen molar-refractivity contribution in [1.29, 1.82) is 0 Å². The van der Waals surface area contributed by atoms with Crippen molar-refractivity contribution in [2.45, 2.75) is 12.6 Å². The second-order valence-corrected chi connectivity index (χ2v) is 6.44. The van der Waals surface area contributed by atoms with E-state index in [1.807, 2.05) is 0 Å². The van der Waals surface area contributed by atoms with Crippen LogP contribution < -0.4 is 10.6 Å². The predicted molar refractivity (Wildman–Crippen MR) is 74.8 cm³/mol. The van der Waals surface area contributed by atoms with Gasteiger partial charge in [-0.3, -0.25) is 4.57 Å². The third kappa shape index (κ3) is 6.46. The molecule has 0 aromatic heterocycles. The van der Waals surface area contributed by atoms with Crippen molar-refractivity contribution in [2.24, 2.45) is 0 Å². The van der Waals surface area contributed by atoms with Gasteiger partial charge >= 0.3 is 19.8 Å². The third-order valence-electron chi connectivity index (χ3n) is 2.66. The van der Waals surface area contributed by atoms with Gasteiger partial charge in [0.15, 0.2) is 0 Å². The maximum atomic E-state index is 12.4. The molecular formula is C12H16F3N2O4P. The molecule has 2 amide bonds. The van der Waals surface area contributed by atoms with Crippen molar-refractivity contribution >= 4 is 19.3 Å². The van der Waals surface area contributed by atoms with Crippen LogP contribution in [0.3, 0.4) is 0 Å². The molecule has 0 aliphatic rings. The van der Waals surface area contributed by atoms with Crippen molar-refractivity contribution < 1.29 is 31.9 Å². The first-order valence-electron chi connectivity index (χ1n) is 6.24. The molecule has 0 radical (unpaired) electrons. The van der Waals surface area contributed by atoms with E-state index in [-0.39, 0.29) is 24.8 Å². The highest BCUT2D eigenvalue weighted by molar-refractivity contribution is 7.52. The fourth-order valence-corrected chi connectivity index (χ4v) is 2.23. The number of hydrogen-bond acceptors (Lipinski definition) is 3. The lowest BCUT2D eigenvalue weighted by Gasteiger charge is -2.11. The van der Waals surface area contributed by atoms with Gasteiger partial charge in [0.25, 0.3) is 0 Å². The Morgan fingerprint density at radius 1 is 1.32 bits per heavy atom. The molecule has 0 saturated heterocycles. The molecule has 0 spiro atoms. The number of rotatable bonds is 6. The summed E-state index contributed by atoms with van der Waals surface area (Å²) in [6.07, 6.45) is -4.31. The minimum absolute atomic E-state index is 0.107. The van der Waals surface area contributed by atoms with Gasteiger partial charge in [0, 0.05) is 19.3 Å². The summed E-state index contributed by atoms with van der Waals surface area (Å²) in [5.41, 5.74) is -0.605. The van der Waals surface area contributed by atoms with Gasteiger partial charge in [-0.15, -0.1) is 0 Å². The van der Waals surface area contributed by atoms with Gasteiger partial charge in [0.2, 0.25) is 0 Å². The van der Waals surface area contributed by atoms with E-state index in [4.69, 9.17) is 4.89 Å². The quantitative estimate of drug-likeness (QED) is 0.549. The van der Waals surface area contributed by atoms with E-state index in [2.05, 4.69) is 15.2 Å². The van der Waals surface area contributed by atoms with Crippen LogP contribution in [0.5, 0.6) is 0 Å². The van der Waals surface area contributed by atoms with Crippen LogP contribution >= 0.6 is 7.60 Å². The zero-order valence-corrected chi connectivity index (χ0v) is 12.6. The lowest BCUT2D eigenvalue weighted by molar-refractivity contribution is -0.137. The first kappa shape index (κ1) is 18.5. The van der Waals surface area contributed by atoms with Gasteiger partial charge in [-0.05, 0) is 30.7 Å². The second-order valence-electron chi connectivity index (χ2n) is 4.35. The molecule has 0 heterocycles. The number of alkyl halides is 3. The van der Waals surface area contributed by atoms with E-state index >= 15 is 0 Å². The largest absolute Gasteiger partial charge is 0.416 e. The Labute approximate surface area is 125 Å². The number of carbonyl (C=O) groups is 1. The highest BCUT2D eigenvalue weighted by Gasteiger charge is 2.29. The minimum Gasteiger partial charge on any atom is -0.338 e. The fourth-order valence-electron chi connectivity index (χ4n) is 1.49. The maximum absolute atomic E-state index is 12.4. The average molecular weight is 340 g/mol. The molecule has 1 aromatic carbocycles. The lowest BCUT2D eigenvalue weighted by Crippen LogP contribution is -2.29. The minimum atomic E-state index is -4.43. The van der Waals surface area contributed by atoms with E-state index in [0.717, 1.165) is 31.4 Å². The number of halogens is 3. The SMILES string of the molecule is COP(=O)(O)CCCNC(=O)Nc1ccc(C(F)(F)F)cc1. The summed E-state index contributed by atoms with van der Waals surface area (Å²) in [5.74, 6) is 0. The Bertz CT molecular complexity index is 548. The molecule has 1 atom stereocenters. The van der Waals surface area contributed by atoms with E-state index in [9.17, 15) is 22.5 Å².